The summed E-state index contributed by atoms with van der Waals surface area (Å²) in [6.07, 6.45) is 3.55. The third kappa shape index (κ3) is 3.47. The van der Waals surface area contributed by atoms with E-state index in [0.717, 1.165) is 43.5 Å². The quantitative estimate of drug-likeness (QED) is 0.660. The summed E-state index contributed by atoms with van der Waals surface area (Å²) in [5.41, 5.74) is 2.17. The molecule has 3 aromatic heterocycles. The zero-order valence-electron chi connectivity index (χ0n) is 16.4. The second kappa shape index (κ2) is 7.49. The Bertz CT molecular complexity index is 1020. The van der Waals surface area contributed by atoms with E-state index in [1.807, 2.05) is 25.4 Å². The van der Waals surface area contributed by atoms with E-state index in [1.165, 1.54) is 0 Å². The summed E-state index contributed by atoms with van der Waals surface area (Å²) in [6.45, 7) is 4.68. The zero-order chi connectivity index (χ0) is 19.8. The first-order valence-electron chi connectivity index (χ1n) is 9.90. The predicted molar refractivity (Wildman–Crippen MR) is 106 cm³/mol. The molecule has 0 aromatic carbocycles. The van der Waals surface area contributed by atoms with E-state index in [-0.39, 0.29) is 12.0 Å². The van der Waals surface area contributed by atoms with Gasteiger partial charge >= 0.3 is 0 Å². The smallest absolute Gasteiger partial charge is 0.274 e. The normalized spacial score (nSPS) is 20.4. The Hall–Kier alpha value is -2.91. The predicted octanol–water partition coefficient (Wildman–Crippen LogP) is 1.12. The van der Waals surface area contributed by atoms with Crippen LogP contribution in [0, 0.1) is 0 Å². The molecular formula is C20H24N6O3. The molecule has 0 N–H and O–H groups in total. The number of hydrogen-bond donors (Lipinski definition) is 0. The molecule has 2 aliphatic heterocycles. The van der Waals surface area contributed by atoms with E-state index in [4.69, 9.17) is 14.5 Å². The van der Waals surface area contributed by atoms with Crippen molar-refractivity contribution in [2.75, 3.05) is 50.9 Å². The minimum Gasteiger partial charge on any atom is -0.378 e. The lowest BCUT2D eigenvalue weighted by atomic mass is 10.2. The van der Waals surface area contributed by atoms with Crippen LogP contribution < -0.4 is 4.90 Å². The van der Waals surface area contributed by atoms with Crippen molar-refractivity contribution in [3.63, 3.8) is 0 Å². The van der Waals surface area contributed by atoms with Gasteiger partial charge in [-0.05, 0) is 18.2 Å². The van der Waals surface area contributed by atoms with Crippen LogP contribution in [0.15, 0.2) is 36.7 Å². The molecule has 1 atom stereocenters. The number of rotatable bonds is 3. The van der Waals surface area contributed by atoms with E-state index >= 15 is 0 Å². The summed E-state index contributed by atoms with van der Waals surface area (Å²) in [5.74, 6) is 1.03. The molecular weight excluding hydrogens is 372 g/mol. The fourth-order valence-corrected chi connectivity index (χ4v) is 3.92. The minimum absolute atomic E-state index is 0.0725. The summed E-state index contributed by atoms with van der Waals surface area (Å²) in [6, 6.07) is 7.86. The third-order valence-corrected chi connectivity index (χ3v) is 5.44. The van der Waals surface area contributed by atoms with Crippen LogP contribution in [0.2, 0.25) is 0 Å². The second-order valence-electron chi connectivity index (χ2n) is 7.36. The fraction of sp³-hybridized carbons (Fsp3) is 0.450. The molecule has 2 saturated heterocycles. The van der Waals surface area contributed by atoms with Gasteiger partial charge in [-0.15, -0.1) is 0 Å². The van der Waals surface area contributed by atoms with Crippen LogP contribution in [0.25, 0.3) is 5.65 Å². The molecule has 0 radical (unpaired) electrons. The van der Waals surface area contributed by atoms with Crippen molar-refractivity contribution in [1.29, 1.82) is 0 Å². The fourth-order valence-electron chi connectivity index (χ4n) is 3.92. The summed E-state index contributed by atoms with van der Waals surface area (Å²) in [7, 11) is 1.81. The molecule has 2 aliphatic rings. The van der Waals surface area contributed by atoms with E-state index in [1.54, 1.807) is 21.8 Å². The number of morpholine rings is 2. The number of anilines is 1. The number of aromatic nitrogens is 4. The van der Waals surface area contributed by atoms with Gasteiger partial charge in [-0.2, -0.15) is 5.10 Å². The van der Waals surface area contributed by atoms with Crippen molar-refractivity contribution in [1.82, 2.24) is 24.1 Å². The van der Waals surface area contributed by atoms with E-state index in [2.05, 4.69) is 20.5 Å². The van der Waals surface area contributed by atoms with Gasteiger partial charge in [-0.3, -0.25) is 13.9 Å². The van der Waals surface area contributed by atoms with Crippen LogP contribution in [-0.4, -0.2) is 76.0 Å². The second-order valence-corrected chi connectivity index (χ2v) is 7.36. The molecule has 0 bridgehead atoms. The Morgan fingerprint density at radius 3 is 2.79 bits per heavy atom. The number of amides is 1. The van der Waals surface area contributed by atoms with Gasteiger partial charge in [0.25, 0.3) is 5.91 Å². The Kier molecular flexibility index (Phi) is 4.69. The molecule has 0 aliphatic carbocycles. The van der Waals surface area contributed by atoms with Gasteiger partial charge < -0.3 is 19.3 Å². The Labute approximate surface area is 168 Å². The van der Waals surface area contributed by atoms with Crippen LogP contribution >= 0.6 is 0 Å². The first kappa shape index (κ1) is 18.1. The van der Waals surface area contributed by atoms with Crippen molar-refractivity contribution in [3.8, 4) is 0 Å². The molecule has 2 fully saturated rings. The minimum atomic E-state index is -0.256. The van der Waals surface area contributed by atoms with E-state index in [0.29, 0.717) is 25.4 Å². The van der Waals surface area contributed by atoms with Crippen LogP contribution in [0.3, 0.4) is 0 Å². The van der Waals surface area contributed by atoms with Gasteiger partial charge in [0.15, 0.2) is 0 Å². The highest BCUT2D eigenvalue weighted by Gasteiger charge is 2.29. The van der Waals surface area contributed by atoms with Crippen molar-refractivity contribution >= 4 is 17.4 Å². The molecule has 0 unspecified atom stereocenters. The van der Waals surface area contributed by atoms with Crippen LogP contribution in [0.4, 0.5) is 5.82 Å². The lowest BCUT2D eigenvalue weighted by Crippen LogP contribution is -2.42. The maximum absolute atomic E-state index is 12.8. The molecule has 5 rings (SSSR count). The van der Waals surface area contributed by atoms with Gasteiger partial charge in [0.2, 0.25) is 0 Å². The van der Waals surface area contributed by atoms with Crippen molar-refractivity contribution in [3.05, 3.63) is 48.0 Å². The number of fused-ring (bicyclic) bond motifs is 1. The molecule has 9 heteroatoms. The zero-order valence-corrected chi connectivity index (χ0v) is 16.4. The number of imidazole rings is 1. The van der Waals surface area contributed by atoms with Gasteiger partial charge in [0, 0.05) is 39.1 Å². The number of aryl methyl sites for hydroxylation is 1. The highest BCUT2D eigenvalue weighted by molar-refractivity contribution is 5.92. The molecule has 0 saturated carbocycles. The largest absolute Gasteiger partial charge is 0.378 e. The average molecular weight is 396 g/mol. The average Bonchev–Trinajstić information content (AvgIpc) is 3.40. The van der Waals surface area contributed by atoms with Gasteiger partial charge in [-0.25, -0.2) is 4.98 Å². The van der Waals surface area contributed by atoms with Crippen LogP contribution in [0.1, 0.15) is 22.3 Å². The van der Waals surface area contributed by atoms with Gasteiger partial charge in [0.05, 0.1) is 32.1 Å². The maximum atomic E-state index is 12.8. The van der Waals surface area contributed by atoms with Gasteiger partial charge in [-0.1, -0.05) is 6.07 Å². The number of ether oxygens (including phenoxy) is 2. The first-order valence-corrected chi connectivity index (χ1v) is 9.90. The highest BCUT2D eigenvalue weighted by Crippen LogP contribution is 2.26. The topological polar surface area (TPSA) is 77.1 Å². The number of carbonyl (C=O) groups excluding carboxylic acids is 1. The Morgan fingerprint density at radius 1 is 1.14 bits per heavy atom. The Balaban J connectivity index is 1.39. The standard InChI is InChI=1S/C20H24N6O3/c1-23-6-5-15(22-23)20(27)25-9-12-29-17(14-25)16-13-26-18(21-16)3-2-4-19(26)24-7-10-28-11-8-24/h2-6,13,17H,7-12,14H2,1H3/t17-/m0/s1. The van der Waals surface area contributed by atoms with Crippen LogP contribution in [0.5, 0.6) is 0 Å². The van der Waals surface area contributed by atoms with E-state index < -0.39 is 0 Å². The lowest BCUT2D eigenvalue weighted by Gasteiger charge is -2.31. The summed E-state index contributed by atoms with van der Waals surface area (Å²) in [4.78, 5) is 21.7. The molecule has 29 heavy (non-hydrogen) atoms. The molecule has 1 amide bonds. The van der Waals surface area contributed by atoms with Crippen LogP contribution in [-0.2, 0) is 16.5 Å². The molecule has 3 aromatic rings. The molecule has 0 spiro atoms. The number of nitrogens with zero attached hydrogens (tertiary/aromatic N) is 6. The third-order valence-electron chi connectivity index (χ3n) is 5.44. The van der Waals surface area contributed by atoms with Crippen molar-refractivity contribution in [2.45, 2.75) is 6.10 Å². The first-order chi connectivity index (χ1) is 14.2. The number of hydrogen-bond acceptors (Lipinski definition) is 6. The van der Waals surface area contributed by atoms with Crippen molar-refractivity contribution < 1.29 is 14.3 Å². The lowest BCUT2D eigenvalue weighted by molar-refractivity contribution is -0.0247. The number of carbonyl (C=O) groups is 1. The van der Waals surface area contributed by atoms with Crippen molar-refractivity contribution in [2.24, 2.45) is 7.05 Å². The monoisotopic (exact) mass is 396 g/mol. The van der Waals surface area contributed by atoms with Gasteiger partial charge in [0.1, 0.15) is 23.3 Å². The number of pyridine rings is 1. The molecule has 9 nitrogen and oxygen atoms in total. The molecule has 152 valence electrons. The SMILES string of the molecule is Cn1ccc(C(=O)N2CCO[C@H](c3cn4c(N5CCOCC5)cccc4n3)C2)n1. The van der Waals surface area contributed by atoms with E-state index in [9.17, 15) is 4.79 Å². The summed E-state index contributed by atoms with van der Waals surface area (Å²) < 4.78 is 15.2. The molecule has 5 heterocycles. The maximum Gasteiger partial charge on any atom is 0.274 e. The summed E-state index contributed by atoms with van der Waals surface area (Å²) >= 11 is 0. The highest BCUT2D eigenvalue weighted by atomic mass is 16.5. The Morgan fingerprint density at radius 2 is 2.00 bits per heavy atom. The summed E-state index contributed by atoms with van der Waals surface area (Å²) in [5, 5.41) is 4.23.